The number of nitrogen functional groups attached to an aromatic ring is 1. The molecule has 0 bridgehead atoms. The number of phenolic OH excluding ortho intramolecular Hbond substituents is 1. The molecule has 1 fully saturated rings. The third-order valence-corrected chi connectivity index (χ3v) is 11.2. The summed E-state index contributed by atoms with van der Waals surface area (Å²) in [6.07, 6.45) is 0.234. The molecule has 0 spiro atoms. The molecule has 0 saturated carbocycles. The molecule has 3 heterocycles. The number of unbranched alkanes of at least 4 members (excludes halogenated alkanes) is 1. The van der Waals surface area contributed by atoms with Crippen LogP contribution in [-0.2, 0) is 14.4 Å². The highest BCUT2D eigenvalue weighted by molar-refractivity contribution is 7.13. The Morgan fingerprint density at radius 3 is 2.39 bits per heavy atom. The van der Waals surface area contributed by atoms with Gasteiger partial charge in [0.25, 0.3) is 0 Å². The maximum atomic E-state index is 14.1. The fourth-order valence-electron chi connectivity index (χ4n) is 6.96. The molecule has 0 radical (unpaired) electrons. The second kappa shape index (κ2) is 18.2. The zero-order valence-electron chi connectivity index (χ0n) is 33.6. The number of nitrogens with one attached hydrogen (secondary N) is 2. The predicted molar refractivity (Wildman–Crippen MR) is 226 cm³/mol. The van der Waals surface area contributed by atoms with Crippen molar-refractivity contribution in [2.45, 2.75) is 84.5 Å². The number of amides is 3. The number of aromatic nitrogens is 3. The third kappa shape index (κ3) is 10.3. The lowest BCUT2D eigenvalue weighted by Gasteiger charge is -2.35. The predicted octanol–water partition coefficient (Wildman–Crippen LogP) is 6.56. The van der Waals surface area contributed by atoms with E-state index in [2.05, 4.69) is 37.7 Å². The molecule has 306 valence electrons. The summed E-state index contributed by atoms with van der Waals surface area (Å²) in [5, 5.41) is 34.8. The topological polar surface area (TPSA) is 184 Å². The first-order valence-corrected chi connectivity index (χ1v) is 20.3. The van der Waals surface area contributed by atoms with E-state index in [1.165, 1.54) is 17.0 Å². The molecule has 2 aromatic heterocycles. The number of carbonyl (C=O) groups excluding carboxylic acids is 3. The number of carbonyl (C=O) groups is 3. The van der Waals surface area contributed by atoms with E-state index in [0.29, 0.717) is 18.4 Å². The fourth-order valence-corrected chi connectivity index (χ4v) is 7.77. The summed E-state index contributed by atoms with van der Waals surface area (Å²) in [5.74, 6) is 4.60. The second-order valence-electron chi connectivity index (χ2n) is 15.8. The number of halogens is 1. The van der Waals surface area contributed by atoms with Crippen LogP contribution in [0.15, 0.2) is 78.3 Å². The minimum Gasteiger partial charge on any atom is -0.507 e. The Morgan fingerprint density at radius 1 is 1.00 bits per heavy atom. The Hall–Kier alpha value is -6.17. The molecule has 1 saturated heterocycles. The number of aromatic hydroxyl groups is 1. The molecule has 5 aromatic rings. The van der Waals surface area contributed by atoms with Crippen LogP contribution in [-0.4, -0.2) is 72.7 Å². The number of aliphatic hydroxyl groups excluding tert-OH is 1. The number of rotatable bonds is 11. The first-order chi connectivity index (χ1) is 28.1. The van der Waals surface area contributed by atoms with Crippen molar-refractivity contribution in [2.75, 3.05) is 12.3 Å². The van der Waals surface area contributed by atoms with Crippen molar-refractivity contribution in [2.24, 2.45) is 5.41 Å². The summed E-state index contributed by atoms with van der Waals surface area (Å²) < 4.78 is 13.8. The molecule has 0 aliphatic carbocycles. The van der Waals surface area contributed by atoms with Gasteiger partial charge in [-0.1, -0.05) is 69.0 Å². The van der Waals surface area contributed by atoms with Crippen molar-refractivity contribution in [3.05, 3.63) is 101 Å². The molecule has 14 heteroatoms. The molecule has 3 amide bonds. The highest BCUT2D eigenvalue weighted by Crippen LogP contribution is 2.33. The minimum atomic E-state index is -0.930. The second-order valence-corrected chi connectivity index (χ2v) is 16.7. The number of hydrogen-bond acceptors (Lipinski definition) is 10. The van der Waals surface area contributed by atoms with Gasteiger partial charge in [0, 0.05) is 42.5 Å². The Balaban J connectivity index is 1.02. The van der Waals surface area contributed by atoms with Crippen molar-refractivity contribution in [1.29, 1.82) is 0 Å². The average molecular weight is 818 g/mol. The zero-order chi connectivity index (χ0) is 42.4. The van der Waals surface area contributed by atoms with Crippen LogP contribution < -0.4 is 16.4 Å². The van der Waals surface area contributed by atoms with Gasteiger partial charge in [-0.3, -0.25) is 14.4 Å². The average Bonchev–Trinajstić information content (AvgIpc) is 3.82. The van der Waals surface area contributed by atoms with Crippen molar-refractivity contribution < 1.29 is 29.0 Å². The van der Waals surface area contributed by atoms with Crippen LogP contribution >= 0.6 is 11.3 Å². The van der Waals surface area contributed by atoms with Gasteiger partial charge in [0.05, 0.1) is 33.9 Å². The number of nitrogens with two attached hydrogens (primary N) is 1. The normalized spacial score (nSPS) is 16.2. The molecule has 6 rings (SSSR count). The highest BCUT2D eigenvalue weighted by Gasteiger charge is 2.44. The smallest absolute Gasteiger partial charge is 0.246 e. The van der Waals surface area contributed by atoms with Gasteiger partial charge in [-0.05, 0) is 78.8 Å². The van der Waals surface area contributed by atoms with Crippen molar-refractivity contribution in [3.63, 3.8) is 0 Å². The number of β-amino-alcohol motifs (C(OH)–C–C–N with tert-alkyl or cyclic N) is 1. The zero-order valence-corrected chi connectivity index (χ0v) is 34.4. The van der Waals surface area contributed by atoms with E-state index >= 15 is 0 Å². The Labute approximate surface area is 347 Å². The van der Waals surface area contributed by atoms with E-state index in [1.807, 2.05) is 88.7 Å². The lowest BCUT2D eigenvalue weighted by atomic mass is 9.85. The SMILES string of the molecule is Cc1ncsc1-c1ccc([C@H](C)NC(=O)[C@@H]2C[C@@H](O)CN2C(=O)[C@@H](NC(=O)CCCC#Cc2ccc(-c3cc(-c4cc(F)ccc4O)nnc3N)cc2)C(C)(C)C)cc1. The first kappa shape index (κ1) is 42.4. The van der Waals surface area contributed by atoms with Crippen LogP contribution in [0.4, 0.5) is 10.2 Å². The highest BCUT2D eigenvalue weighted by atomic mass is 32.1. The van der Waals surface area contributed by atoms with E-state index in [-0.39, 0.29) is 60.1 Å². The van der Waals surface area contributed by atoms with Crippen molar-refractivity contribution in [1.82, 2.24) is 30.7 Å². The summed E-state index contributed by atoms with van der Waals surface area (Å²) in [6.45, 7) is 9.37. The number of phenols is 1. The van der Waals surface area contributed by atoms with Gasteiger partial charge in [-0.2, -0.15) is 0 Å². The molecule has 12 nitrogen and oxygen atoms in total. The summed E-state index contributed by atoms with van der Waals surface area (Å²) in [4.78, 5) is 47.7. The molecule has 3 aromatic carbocycles. The molecule has 4 atom stereocenters. The molecular weight excluding hydrogens is 770 g/mol. The summed E-state index contributed by atoms with van der Waals surface area (Å²) in [7, 11) is 0. The molecule has 6 N–H and O–H groups in total. The summed E-state index contributed by atoms with van der Waals surface area (Å²) >= 11 is 1.57. The molecular formula is C45H48FN7O5S. The van der Waals surface area contributed by atoms with E-state index < -0.39 is 35.3 Å². The Morgan fingerprint density at radius 2 is 1.71 bits per heavy atom. The van der Waals surface area contributed by atoms with E-state index in [1.54, 1.807) is 17.4 Å². The van der Waals surface area contributed by atoms with Crippen LogP contribution in [0.1, 0.15) is 76.2 Å². The Kier molecular flexibility index (Phi) is 13.1. The lowest BCUT2D eigenvalue weighted by molar-refractivity contribution is -0.144. The van der Waals surface area contributed by atoms with Crippen LogP contribution in [0.2, 0.25) is 0 Å². The van der Waals surface area contributed by atoms with Gasteiger partial charge < -0.3 is 31.5 Å². The van der Waals surface area contributed by atoms with Gasteiger partial charge in [0.1, 0.15) is 23.7 Å². The van der Waals surface area contributed by atoms with Crippen LogP contribution in [0.25, 0.3) is 32.8 Å². The fraction of sp³-hybridized carbons (Fsp3) is 0.333. The van der Waals surface area contributed by atoms with Crippen molar-refractivity contribution >= 4 is 34.9 Å². The number of nitrogens with zero attached hydrogens (tertiary/aromatic N) is 4. The third-order valence-electron chi connectivity index (χ3n) is 10.3. The van der Waals surface area contributed by atoms with Crippen LogP contribution in [0, 0.1) is 30.0 Å². The number of benzene rings is 3. The number of aliphatic hydroxyl groups is 1. The number of anilines is 1. The van der Waals surface area contributed by atoms with Gasteiger partial charge in [0.15, 0.2) is 5.82 Å². The van der Waals surface area contributed by atoms with Gasteiger partial charge in [-0.15, -0.1) is 21.5 Å². The van der Waals surface area contributed by atoms with E-state index in [4.69, 9.17) is 5.73 Å². The maximum Gasteiger partial charge on any atom is 0.246 e. The molecule has 0 unspecified atom stereocenters. The van der Waals surface area contributed by atoms with Crippen LogP contribution in [0.3, 0.4) is 0 Å². The van der Waals surface area contributed by atoms with E-state index in [0.717, 1.165) is 38.9 Å². The summed E-state index contributed by atoms with van der Waals surface area (Å²) in [5.41, 5.74) is 12.6. The molecule has 1 aliphatic rings. The van der Waals surface area contributed by atoms with Gasteiger partial charge in [-0.25, -0.2) is 9.37 Å². The van der Waals surface area contributed by atoms with Gasteiger partial charge >= 0.3 is 0 Å². The maximum absolute atomic E-state index is 14.1. The standard InChI is InChI=1S/C45H48FN7O5S/c1-26(29-15-17-31(18-16-29)40-27(2)48-25-59-40)49-43(57)37-22-33(54)24-53(37)44(58)41(45(3,4)5)50-39(56)10-8-6-7-9-28-11-13-30(14-12-28)34-23-36(51-52-42(34)47)35-21-32(46)19-20-38(35)55/h11-21,23,25-26,33,37,41,54-55H,6,8,10,22,24H2,1-5H3,(H2,47,52)(H,49,57)(H,50,56)/t26-,33+,37-,41+/m0/s1. The van der Waals surface area contributed by atoms with Gasteiger partial charge in [0.2, 0.25) is 17.7 Å². The van der Waals surface area contributed by atoms with Crippen LogP contribution in [0.5, 0.6) is 5.75 Å². The molecule has 59 heavy (non-hydrogen) atoms. The van der Waals surface area contributed by atoms with E-state index in [9.17, 15) is 29.0 Å². The molecule has 1 aliphatic heterocycles. The number of thiazole rings is 1. The number of likely N-dealkylation sites (tertiary alicyclic amines) is 1. The number of hydrogen-bond donors (Lipinski definition) is 5. The van der Waals surface area contributed by atoms with Crippen molar-refractivity contribution in [3.8, 4) is 50.4 Å². The Bertz CT molecular complexity index is 2380. The monoisotopic (exact) mass is 817 g/mol. The summed E-state index contributed by atoms with van der Waals surface area (Å²) in [6, 6.07) is 18.2. The number of aryl methyl sites for hydroxylation is 1. The quantitative estimate of drug-likeness (QED) is 0.0728. The largest absolute Gasteiger partial charge is 0.507 e. The minimum absolute atomic E-state index is 0.0133. The first-order valence-electron chi connectivity index (χ1n) is 19.4. The lowest BCUT2D eigenvalue weighted by Crippen LogP contribution is -2.57.